The number of sulfonamides is 1. The molecule has 0 N–H and O–H groups in total. The largest absolute Gasteiger partial charge is 0.339 e. The molecule has 0 bridgehead atoms. The second-order valence-electron chi connectivity index (χ2n) is 7.51. The average molecular weight is 464 g/mol. The third-order valence-corrected chi connectivity index (χ3v) is 8.36. The highest BCUT2D eigenvalue weighted by atomic mass is 32.2. The molecule has 2 aromatic carbocycles. The summed E-state index contributed by atoms with van der Waals surface area (Å²) in [5.74, 6) is -0.0767. The molecule has 0 aliphatic carbocycles. The topological polar surface area (TPSA) is 101 Å². The maximum absolute atomic E-state index is 13.1. The van der Waals surface area contributed by atoms with E-state index in [1.54, 1.807) is 43.0 Å². The normalized spacial score (nSPS) is 16.2. The third-order valence-electron chi connectivity index (χ3n) is 5.22. The molecule has 1 atom stereocenters. The van der Waals surface area contributed by atoms with Crippen LogP contribution in [0.15, 0.2) is 52.3 Å². The van der Waals surface area contributed by atoms with Crippen LogP contribution < -0.4 is 0 Å². The summed E-state index contributed by atoms with van der Waals surface area (Å²) >= 11 is 1.33. The smallest absolute Gasteiger partial charge is 0.269 e. The Hall–Kier alpha value is -2.43. The van der Waals surface area contributed by atoms with Crippen molar-refractivity contribution in [1.82, 2.24) is 9.21 Å². The lowest BCUT2D eigenvalue weighted by Gasteiger charge is -2.35. The molecular weight excluding hydrogens is 438 g/mol. The van der Waals surface area contributed by atoms with E-state index in [9.17, 15) is 23.3 Å². The molecule has 10 heteroatoms. The summed E-state index contributed by atoms with van der Waals surface area (Å²) in [7, 11) is -3.61. The fourth-order valence-corrected chi connectivity index (χ4v) is 6.11. The lowest BCUT2D eigenvalue weighted by atomic mass is 10.2. The molecule has 1 heterocycles. The molecule has 0 spiro atoms. The Morgan fingerprint density at radius 3 is 2.26 bits per heavy atom. The van der Waals surface area contributed by atoms with Crippen LogP contribution in [-0.2, 0) is 14.8 Å². The summed E-state index contributed by atoms with van der Waals surface area (Å²) in [6.07, 6.45) is 0. The average Bonchev–Trinajstić information content (AvgIpc) is 2.75. The number of hydrogen-bond donors (Lipinski definition) is 0. The number of non-ortho nitro benzene ring substituents is 1. The fourth-order valence-electron chi connectivity index (χ4n) is 3.43. The summed E-state index contributed by atoms with van der Waals surface area (Å²) in [6.45, 7) is 6.57. The first-order valence-electron chi connectivity index (χ1n) is 9.87. The maximum atomic E-state index is 13.1. The van der Waals surface area contributed by atoms with Crippen molar-refractivity contribution in [1.29, 1.82) is 0 Å². The molecule has 3 rings (SSSR count). The van der Waals surface area contributed by atoms with Gasteiger partial charge in [-0.2, -0.15) is 4.31 Å². The number of thioether (sulfide) groups is 1. The maximum Gasteiger partial charge on any atom is 0.269 e. The van der Waals surface area contributed by atoms with E-state index in [0.29, 0.717) is 23.5 Å². The summed E-state index contributed by atoms with van der Waals surface area (Å²) in [5.41, 5.74) is 1.59. The lowest BCUT2D eigenvalue weighted by molar-refractivity contribution is -0.384. The molecule has 1 fully saturated rings. The summed E-state index contributed by atoms with van der Waals surface area (Å²) in [6, 6.07) is 11.5. The zero-order valence-electron chi connectivity index (χ0n) is 17.6. The summed E-state index contributed by atoms with van der Waals surface area (Å²) in [5, 5.41) is 10.4. The number of hydrogen-bond acceptors (Lipinski definition) is 6. The van der Waals surface area contributed by atoms with Gasteiger partial charge in [-0.05, 0) is 50.1 Å². The van der Waals surface area contributed by atoms with E-state index in [-0.39, 0.29) is 29.9 Å². The van der Waals surface area contributed by atoms with Crippen LogP contribution in [0.4, 0.5) is 5.69 Å². The predicted octanol–water partition coefficient (Wildman–Crippen LogP) is 3.23. The first kappa shape index (κ1) is 23.2. The van der Waals surface area contributed by atoms with Crippen LogP contribution in [0.5, 0.6) is 0 Å². The van der Waals surface area contributed by atoms with Gasteiger partial charge in [-0.15, -0.1) is 11.8 Å². The van der Waals surface area contributed by atoms with Crippen molar-refractivity contribution in [2.24, 2.45) is 0 Å². The van der Waals surface area contributed by atoms with Crippen LogP contribution in [0, 0.1) is 24.0 Å². The molecule has 166 valence electrons. The fraction of sp³-hybridized carbons (Fsp3) is 0.381. The van der Waals surface area contributed by atoms with Gasteiger partial charge in [0.25, 0.3) is 5.69 Å². The molecule has 2 aromatic rings. The number of piperazine rings is 1. The molecular formula is C21H25N3O5S2. The molecule has 1 amide bonds. The van der Waals surface area contributed by atoms with Crippen LogP contribution in [-0.4, -0.2) is 59.9 Å². The van der Waals surface area contributed by atoms with Gasteiger partial charge in [-0.1, -0.05) is 12.1 Å². The van der Waals surface area contributed by atoms with Crippen molar-refractivity contribution in [2.75, 3.05) is 26.2 Å². The zero-order valence-corrected chi connectivity index (χ0v) is 19.3. The zero-order chi connectivity index (χ0) is 22.8. The molecule has 1 aliphatic heterocycles. The van der Waals surface area contributed by atoms with Crippen LogP contribution in [0.25, 0.3) is 0 Å². The van der Waals surface area contributed by atoms with E-state index in [1.165, 1.54) is 28.2 Å². The molecule has 0 radical (unpaired) electrons. The van der Waals surface area contributed by atoms with Crippen LogP contribution in [0.2, 0.25) is 0 Å². The van der Waals surface area contributed by atoms with Gasteiger partial charge >= 0.3 is 0 Å². The summed E-state index contributed by atoms with van der Waals surface area (Å²) in [4.78, 5) is 25.9. The number of aryl methyl sites for hydroxylation is 2. The minimum atomic E-state index is -3.61. The molecule has 1 aliphatic rings. The minimum Gasteiger partial charge on any atom is -0.339 e. The quantitative estimate of drug-likeness (QED) is 0.370. The van der Waals surface area contributed by atoms with Gasteiger partial charge in [0.15, 0.2) is 0 Å². The number of nitro groups is 1. The Morgan fingerprint density at radius 1 is 1.06 bits per heavy atom. The highest BCUT2D eigenvalue weighted by molar-refractivity contribution is 8.00. The van der Waals surface area contributed by atoms with E-state index in [2.05, 4.69) is 0 Å². The number of rotatable bonds is 6. The molecule has 1 unspecified atom stereocenters. The van der Waals surface area contributed by atoms with Gasteiger partial charge in [-0.25, -0.2) is 8.42 Å². The van der Waals surface area contributed by atoms with Crippen LogP contribution in [0.1, 0.15) is 18.1 Å². The number of carbonyl (C=O) groups is 1. The van der Waals surface area contributed by atoms with E-state index in [4.69, 9.17) is 0 Å². The number of nitrogens with zero attached hydrogens (tertiary/aromatic N) is 3. The van der Waals surface area contributed by atoms with Crippen LogP contribution in [0.3, 0.4) is 0 Å². The first-order valence-corrected chi connectivity index (χ1v) is 12.2. The predicted molar refractivity (Wildman–Crippen MR) is 120 cm³/mol. The second-order valence-corrected chi connectivity index (χ2v) is 10.8. The molecule has 0 aromatic heterocycles. The SMILES string of the molecule is Cc1ccc(C)c(S(=O)(=O)N2CCN(C(=O)C(C)Sc3ccc([N+](=O)[O-])cc3)CC2)c1. The van der Waals surface area contributed by atoms with Crippen molar-refractivity contribution in [3.8, 4) is 0 Å². The Morgan fingerprint density at radius 2 is 1.68 bits per heavy atom. The highest BCUT2D eigenvalue weighted by Crippen LogP contribution is 2.27. The number of amides is 1. The Balaban J connectivity index is 1.61. The van der Waals surface area contributed by atoms with Crippen molar-refractivity contribution >= 4 is 33.4 Å². The van der Waals surface area contributed by atoms with Gasteiger partial charge < -0.3 is 4.90 Å². The van der Waals surface area contributed by atoms with E-state index < -0.39 is 14.9 Å². The number of carbonyl (C=O) groups excluding carboxylic acids is 1. The number of benzene rings is 2. The van der Waals surface area contributed by atoms with Gasteiger partial charge in [0.2, 0.25) is 15.9 Å². The van der Waals surface area contributed by atoms with Crippen molar-refractivity contribution in [3.05, 3.63) is 63.7 Å². The monoisotopic (exact) mass is 463 g/mol. The number of nitro benzene ring substituents is 1. The molecule has 8 nitrogen and oxygen atoms in total. The standard InChI is InChI=1S/C21H25N3O5S2/c1-15-4-5-16(2)20(14-15)31(28,29)23-12-10-22(11-13-23)21(25)17(3)30-19-8-6-18(7-9-19)24(26)27/h4-9,14,17H,10-13H2,1-3H3. The van der Waals surface area contributed by atoms with Gasteiger partial charge in [-0.3, -0.25) is 14.9 Å². The Kier molecular flexibility index (Phi) is 7.03. The first-order chi connectivity index (χ1) is 14.6. The lowest BCUT2D eigenvalue weighted by Crippen LogP contribution is -2.52. The van der Waals surface area contributed by atoms with Gasteiger partial charge in [0, 0.05) is 43.2 Å². The Labute approximate surface area is 186 Å². The van der Waals surface area contributed by atoms with Gasteiger partial charge in [0.05, 0.1) is 15.1 Å². The van der Waals surface area contributed by atoms with E-state index in [1.807, 2.05) is 13.0 Å². The Bertz CT molecular complexity index is 1080. The van der Waals surface area contributed by atoms with Gasteiger partial charge in [0.1, 0.15) is 0 Å². The van der Waals surface area contributed by atoms with E-state index in [0.717, 1.165) is 10.5 Å². The highest BCUT2D eigenvalue weighted by Gasteiger charge is 2.32. The van der Waals surface area contributed by atoms with Crippen molar-refractivity contribution < 1.29 is 18.1 Å². The molecule has 0 saturated carbocycles. The molecule has 31 heavy (non-hydrogen) atoms. The third kappa shape index (κ3) is 5.25. The minimum absolute atomic E-state index is 0.00417. The van der Waals surface area contributed by atoms with Crippen LogP contribution >= 0.6 is 11.8 Å². The summed E-state index contributed by atoms with van der Waals surface area (Å²) < 4.78 is 27.6. The second kappa shape index (κ2) is 9.37. The molecule has 1 saturated heterocycles. The van der Waals surface area contributed by atoms with E-state index >= 15 is 0 Å². The van der Waals surface area contributed by atoms with Crippen molar-refractivity contribution in [3.63, 3.8) is 0 Å². The van der Waals surface area contributed by atoms with Crippen molar-refractivity contribution in [2.45, 2.75) is 35.8 Å².